The van der Waals surface area contributed by atoms with E-state index in [9.17, 15) is 13.2 Å². The Kier molecular flexibility index (Phi) is 10.5. The Morgan fingerprint density at radius 3 is 2.47 bits per heavy atom. The maximum absolute atomic E-state index is 12.4. The average molecular weight is 339 g/mol. The molecule has 0 bridgehead atoms. The molecule has 0 unspecified atom stereocenters. The Morgan fingerprint density at radius 2 is 2.00 bits per heavy atom. The van der Waals surface area contributed by atoms with Crippen LogP contribution in [-0.4, -0.2) is 18.6 Å². The monoisotopic (exact) mass is 338 g/mol. The molecule has 0 heterocycles. The third kappa shape index (κ3) is 6.53. The first-order valence-electron chi connectivity index (χ1n) is 4.06. The molecule has 0 fully saturated rings. The molecule has 0 saturated heterocycles. The van der Waals surface area contributed by atoms with Crippen molar-refractivity contribution in [3.05, 3.63) is 28.2 Å². The van der Waals surface area contributed by atoms with Gasteiger partial charge in [0.05, 0.1) is 6.61 Å². The van der Waals surface area contributed by atoms with Crippen LogP contribution in [0.5, 0.6) is 5.75 Å². The van der Waals surface area contributed by atoms with Crippen molar-refractivity contribution >= 4 is 15.9 Å². The number of alkyl halides is 3. The normalized spacial score (nSPS) is 10.2. The van der Waals surface area contributed by atoms with E-state index in [1.807, 2.05) is 0 Å². The van der Waals surface area contributed by atoms with Crippen LogP contribution in [0, 0.1) is 6.07 Å². The van der Waals surface area contributed by atoms with E-state index >= 15 is 0 Å². The van der Waals surface area contributed by atoms with E-state index in [1.165, 1.54) is 6.07 Å². The summed E-state index contributed by atoms with van der Waals surface area (Å²) in [6, 6.07) is 4.62. The third-order valence-electron chi connectivity index (χ3n) is 1.55. The summed E-state index contributed by atoms with van der Waals surface area (Å²) >= 11 is 2.80. The minimum Gasteiger partial charge on any atom is -0.870 e. The maximum Gasteiger partial charge on any atom is 1.00 e. The first kappa shape index (κ1) is 20.2. The van der Waals surface area contributed by atoms with Gasteiger partial charge in [-0.1, -0.05) is 4.47 Å². The predicted molar refractivity (Wildman–Crippen MR) is 54.5 cm³/mol. The van der Waals surface area contributed by atoms with E-state index in [4.69, 9.17) is 10.5 Å². The summed E-state index contributed by atoms with van der Waals surface area (Å²) in [4.78, 5) is 0. The number of hydrogen-bond acceptors (Lipinski definition) is 3. The number of benzene rings is 1. The average Bonchev–Trinajstić information content (AvgIpc) is 2.15. The molecule has 0 aromatic heterocycles. The van der Waals surface area contributed by atoms with Crippen LogP contribution in [0.4, 0.5) is 13.2 Å². The summed E-state index contributed by atoms with van der Waals surface area (Å²) in [7, 11) is 0. The molecule has 1 aromatic rings. The van der Waals surface area contributed by atoms with Crippen molar-refractivity contribution in [3.63, 3.8) is 0 Å². The van der Waals surface area contributed by atoms with E-state index in [-0.39, 0.29) is 80.2 Å². The standard InChI is InChI=1S/C9H8BrF3NO.K.H2O/c10-8-2-1-6(15-4-3-14)5-7(8)9(11,12)13;;/h2,5H,3-4,14H2;;1H2/q-1;+1;/p-1. The second-order valence-corrected chi connectivity index (χ2v) is 3.55. The summed E-state index contributed by atoms with van der Waals surface area (Å²) in [5.74, 6) is 0.0379. The number of nitrogens with two attached hydrogens (primary N) is 1. The molecule has 0 aliphatic heterocycles. The van der Waals surface area contributed by atoms with Crippen molar-refractivity contribution in [1.29, 1.82) is 0 Å². The molecule has 8 heteroatoms. The van der Waals surface area contributed by atoms with Gasteiger partial charge >= 0.3 is 57.6 Å². The fourth-order valence-electron chi connectivity index (χ4n) is 0.923. The molecule has 0 aliphatic carbocycles. The van der Waals surface area contributed by atoms with Gasteiger partial charge in [-0.05, 0) is 5.56 Å². The van der Waals surface area contributed by atoms with Crippen molar-refractivity contribution in [2.75, 3.05) is 13.2 Å². The van der Waals surface area contributed by atoms with E-state index in [2.05, 4.69) is 22.0 Å². The zero-order valence-electron chi connectivity index (χ0n) is 9.01. The summed E-state index contributed by atoms with van der Waals surface area (Å²) in [5.41, 5.74) is 4.38. The van der Waals surface area contributed by atoms with Crippen LogP contribution in [0.25, 0.3) is 0 Å². The smallest absolute Gasteiger partial charge is 0.870 e. The molecule has 3 N–H and O–H groups in total. The van der Waals surface area contributed by atoms with Crippen molar-refractivity contribution < 1.29 is 74.8 Å². The molecule has 92 valence electrons. The third-order valence-corrected chi connectivity index (χ3v) is 2.21. The zero-order valence-corrected chi connectivity index (χ0v) is 13.7. The van der Waals surface area contributed by atoms with E-state index in [0.29, 0.717) is 0 Å². The Hall–Kier alpha value is 0.846. The molecular weight excluding hydrogens is 330 g/mol. The molecule has 0 aliphatic rings. The van der Waals surface area contributed by atoms with Crippen LogP contribution < -0.4 is 61.9 Å². The zero-order chi connectivity index (χ0) is 11.5. The number of ether oxygens (including phenoxy) is 1. The Balaban J connectivity index is 0. The molecule has 0 radical (unpaired) electrons. The van der Waals surface area contributed by atoms with Crippen LogP contribution in [-0.2, 0) is 6.18 Å². The molecule has 0 saturated carbocycles. The van der Waals surface area contributed by atoms with Crippen LogP contribution in [0.1, 0.15) is 5.56 Å². The minimum atomic E-state index is -4.41. The van der Waals surface area contributed by atoms with Crippen LogP contribution in [0.2, 0.25) is 0 Å². The van der Waals surface area contributed by atoms with Gasteiger partial charge in [-0.15, -0.1) is 28.1 Å². The van der Waals surface area contributed by atoms with Gasteiger partial charge in [-0.2, -0.15) is 19.2 Å². The van der Waals surface area contributed by atoms with Gasteiger partial charge in [0.25, 0.3) is 0 Å². The minimum absolute atomic E-state index is 0. The van der Waals surface area contributed by atoms with Gasteiger partial charge in [0.2, 0.25) is 0 Å². The molecular formula is C9H9BrF3KNO2-. The Bertz CT molecular complexity index is 350. The fraction of sp³-hybridized carbons (Fsp3) is 0.333. The van der Waals surface area contributed by atoms with Crippen molar-refractivity contribution in [2.24, 2.45) is 5.73 Å². The molecule has 0 atom stereocenters. The summed E-state index contributed by atoms with van der Waals surface area (Å²) in [5, 5.41) is 0. The van der Waals surface area contributed by atoms with Gasteiger partial charge in [0.1, 0.15) is 0 Å². The number of hydrogen-bond donors (Lipinski definition) is 1. The van der Waals surface area contributed by atoms with Gasteiger partial charge in [0.15, 0.2) is 0 Å². The molecule has 0 spiro atoms. The predicted octanol–water partition coefficient (Wildman–Crippen LogP) is -0.567. The van der Waals surface area contributed by atoms with Gasteiger partial charge in [-0.25, -0.2) is 0 Å². The summed E-state index contributed by atoms with van der Waals surface area (Å²) in [6.07, 6.45) is -4.41. The molecule has 1 rings (SSSR count). The Morgan fingerprint density at radius 1 is 1.41 bits per heavy atom. The van der Waals surface area contributed by atoms with Gasteiger partial charge in [-0.3, -0.25) is 0 Å². The topological polar surface area (TPSA) is 65.2 Å². The van der Waals surface area contributed by atoms with E-state index in [0.717, 1.165) is 6.07 Å². The van der Waals surface area contributed by atoms with Gasteiger partial charge < -0.3 is 15.9 Å². The first-order valence-corrected chi connectivity index (χ1v) is 4.85. The fourth-order valence-corrected chi connectivity index (χ4v) is 1.38. The van der Waals surface area contributed by atoms with E-state index < -0.39 is 11.7 Å². The molecule has 17 heavy (non-hydrogen) atoms. The SMILES string of the molecule is NCCOc1[c-]cc(Br)c(C(F)(F)F)c1.[K+].[OH-]. The Labute approximate surface area is 148 Å². The first-order chi connectivity index (χ1) is 6.95. The second-order valence-electron chi connectivity index (χ2n) is 2.69. The molecule has 0 amide bonds. The van der Waals surface area contributed by atoms with E-state index in [1.54, 1.807) is 0 Å². The van der Waals surface area contributed by atoms with Gasteiger partial charge in [0, 0.05) is 12.3 Å². The largest absolute Gasteiger partial charge is 1.00 e. The molecule has 1 aromatic carbocycles. The second kappa shape index (κ2) is 8.86. The van der Waals surface area contributed by atoms with Crippen molar-refractivity contribution in [3.8, 4) is 5.75 Å². The van der Waals surface area contributed by atoms with Crippen molar-refractivity contribution in [2.45, 2.75) is 6.18 Å². The number of rotatable bonds is 3. The summed E-state index contributed by atoms with van der Waals surface area (Å²) < 4.78 is 42.2. The van der Waals surface area contributed by atoms with Crippen molar-refractivity contribution in [1.82, 2.24) is 0 Å². The number of halogens is 4. The summed E-state index contributed by atoms with van der Waals surface area (Å²) in [6.45, 7) is 0.403. The van der Waals surface area contributed by atoms with Crippen LogP contribution in [0.15, 0.2) is 16.6 Å². The van der Waals surface area contributed by atoms with Crippen LogP contribution in [0.3, 0.4) is 0 Å². The molecule has 3 nitrogen and oxygen atoms in total. The van der Waals surface area contributed by atoms with Crippen LogP contribution >= 0.6 is 15.9 Å². The quantitative estimate of drug-likeness (QED) is 0.593. The maximum atomic E-state index is 12.4.